The average molecular weight is 352 g/mol. The van der Waals surface area contributed by atoms with Crippen LogP contribution in [0.25, 0.3) is 0 Å². The van der Waals surface area contributed by atoms with E-state index in [1.54, 1.807) is 0 Å². The summed E-state index contributed by atoms with van der Waals surface area (Å²) in [6.07, 6.45) is 2.13. The van der Waals surface area contributed by atoms with Crippen LogP contribution < -0.4 is 0 Å². The Hall–Kier alpha value is -1.68. The SMILES string of the molecule is CC12CC(COCc3ccccc3)C(C)(O1)C(OCc1ccccc1)C2. The second-order valence-corrected chi connectivity index (χ2v) is 8.13. The van der Waals surface area contributed by atoms with Crippen LogP contribution in [0.2, 0.25) is 0 Å². The van der Waals surface area contributed by atoms with Crippen molar-refractivity contribution in [2.24, 2.45) is 5.92 Å². The summed E-state index contributed by atoms with van der Waals surface area (Å²) in [5, 5.41) is 0. The third kappa shape index (κ3) is 3.57. The molecule has 2 heterocycles. The van der Waals surface area contributed by atoms with Crippen LogP contribution >= 0.6 is 0 Å². The molecule has 0 saturated carbocycles. The van der Waals surface area contributed by atoms with Crippen molar-refractivity contribution >= 4 is 0 Å². The Morgan fingerprint density at radius 2 is 1.50 bits per heavy atom. The lowest BCUT2D eigenvalue weighted by Crippen LogP contribution is -2.46. The molecule has 2 saturated heterocycles. The van der Waals surface area contributed by atoms with Gasteiger partial charge in [-0.15, -0.1) is 0 Å². The lowest BCUT2D eigenvalue weighted by atomic mass is 9.74. The van der Waals surface area contributed by atoms with Gasteiger partial charge in [0.25, 0.3) is 0 Å². The van der Waals surface area contributed by atoms with E-state index < -0.39 is 0 Å². The first-order valence-corrected chi connectivity index (χ1v) is 9.55. The van der Waals surface area contributed by atoms with E-state index in [0.29, 0.717) is 25.7 Å². The molecule has 0 N–H and O–H groups in total. The van der Waals surface area contributed by atoms with Gasteiger partial charge in [-0.3, -0.25) is 0 Å². The second kappa shape index (κ2) is 7.15. The third-order valence-electron chi connectivity index (χ3n) is 5.94. The maximum absolute atomic E-state index is 6.46. The lowest BCUT2D eigenvalue weighted by molar-refractivity contribution is -0.112. The molecule has 2 aliphatic rings. The van der Waals surface area contributed by atoms with E-state index in [0.717, 1.165) is 12.8 Å². The Morgan fingerprint density at radius 3 is 2.12 bits per heavy atom. The lowest BCUT2D eigenvalue weighted by Gasteiger charge is -2.36. The van der Waals surface area contributed by atoms with Gasteiger partial charge in [-0.1, -0.05) is 60.7 Å². The molecule has 0 radical (unpaired) electrons. The summed E-state index contributed by atoms with van der Waals surface area (Å²) < 4.78 is 18.8. The van der Waals surface area contributed by atoms with E-state index >= 15 is 0 Å². The Morgan fingerprint density at radius 1 is 0.885 bits per heavy atom. The van der Waals surface area contributed by atoms with E-state index in [-0.39, 0.29) is 17.3 Å². The fraction of sp³-hybridized carbons (Fsp3) is 0.478. The van der Waals surface area contributed by atoms with Gasteiger partial charge in [0.2, 0.25) is 0 Å². The number of benzene rings is 2. The summed E-state index contributed by atoms with van der Waals surface area (Å²) in [5.41, 5.74) is 2.07. The molecule has 3 nitrogen and oxygen atoms in total. The minimum absolute atomic E-state index is 0.0864. The van der Waals surface area contributed by atoms with Crippen LogP contribution in [-0.2, 0) is 27.4 Å². The zero-order valence-electron chi connectivity index (χ0n) is 15.7. The van der Waals surface area contributed by atoms with E-state index in [1.807, 2.05) is 12.1 Å². The number of hydrogen-bond donors (Lipinski definition) is 0. The molecule has 0 aliphatic carbocycles. The van der Waals surface area contributed by atoms with Crippen LogP contribution in [0.5, 0.6) is 0 Å². The second-order valence-electron chi connectivity index (χ2n) is 8.13. The highest BCUT2D eigenvalue weighted by Crippen LogP contribution is 2.55. The standard InChI is InChI=1S/C23H28O3/c1-22-13-20(17-24-15-18-9-5-3-6-10-18)23(2,26-22)21(14-22)25-16-19-11-7-4-8-12-19/h3-12,20-21H,13-17H2,1-2H3. The van der Waals surface area contributed by atoms with Gasteiger partial charge in [0, 0.05) is 12.3 Å². The smallest absolute Gasteiger partial charge is 0.0974 e. The normalized spacial score (nSPS) is 32.8. The molecule has 4 rings (SSSR count). The monoisotopic (exact) mass is 352 g/mol. The van der Waals surface area contributed by atoms with Crippen molar-refractivity contribution in [3.8, 4) is 0 Å². The first-order valence-electron chi connectivity index (χ1n) is 9.55. The van der Waals surface area contributed by atoms with Crippen LogP contribution in [-0.4, -0.2) is 23.9 Å². The van der Waals surface area contributed by atoms with Gasteiger partial charge in [0.15, 0.2) is 0 Å². The summed E-state index contributed by atoms with van der Waals surface area (Å²) in [7, 11) is 0. The first-order chi connectivity index (χ1) is 12.6. The van der Waals surface area contributed by atoms with Gasteiger partial charge >= 0.3 is 0 Å². The number of rotatable bonds is 7. The van der Waals surface area contributed by atoms with Crippen LogP contribution in [0.3, 0.4) is 0 Å². The summed E-state index contributed by atoms with van der Waals surface area (Å²) in [4.78, 5) is 0. The summed E-state index contributed by atoms with van der Waals surface area (Å²) in [6, 6.07) is 20.7. The molecule has 2 fully saturated rings. The highest BCUT2D eigenvalue weighted by molar-refractivity contribution is 5.16. The minimum Gasteiger partial charge on any atom is -0.376 e. The molecule has 2 bridgehead atoms. The molecule has 138 valence electrons. The van der Waals surface area contributed by atoms with Gasteiger partial charge in [-0.2, -0.15) is 0 Å². The highest BCUT2D eigenvalue weighted by atomic mass is 16.6. The summed E-state index contributed by atoms with van der Waals surface area (Å²) in [5.74, 6) is 0.366. The van der Waals surface area contributed by atoms with Crippen molar-refractivity contribution < 1.29 is 14.2 Å². The molecule has 26 heavy (non-hydrogen) atoms. The molecule has 2 aliphatic heterocycles. The number of hydrogen-bond acceptors (Lipinski definition) is 3. The maximum Gasteiger partial charge on any atom is 0.0974 e. The van der Waals surface area contributed by atoms with Crippen LogP contribution in [0.1, 0.15) is 37.8 Å². The molecule has 0 spiro atoms. The fourth-order valence-electron chi connectivity index (χ4n) is 4.54. The fourth-order valence-corrected chi connectivity index (χ4v) is 4.54. The average Bonchev–Trinajstić information content (AvgIpc) is 3.07. The van der Waals surface area contributed by atoms with Gasteiger partial charge in [-0.05, 0) is 31.4 Å². The van der Waals surface area contributed by atoms with Crippen LogP contribution in [0.15, 0.2) is 60.7 Å². The Kier molecular flexibility index (Phi) is 4.87. The Balaban J connectivity index is 1.36. The van der Waals surface area contributed by atoms with E-state index in [9.17, 15) is 0 Å². The zero-order valence-corrected chi connectivity index (χ0v) is 15.7. The van der Waals surface area contributed by atoms with Crippen molar-refractivity contribution in [2.45, 2.75) is 57.2 Å². The van der Waals surface area contributed by atoms with Gasteiger partial charge in [0.1, 0.15) is 0 Å². The zero-order chi connectivity index (χ0) is 18.0. The van der Waals surface area contributed by atoms with Crippen molar-refractivity contribution in [2.75, 3.05) is 6.61 Å². The number of fused-ring (bicyclic) bond motifs is 2. The van der Waals surface area contributed by atoms with Gasteiger partial charge < -0.3 is 14.2 Å². The van der Waals surface area contributed by atoms with Crippen LogP contribution in [0, 0.1) is 5.92 Å². The molecular formula is C23H28O3. The largest absolute Gasteiger partial charge is 0.376 e. The molecule has 0 aromatic heterocycles. The first kappa shape index (κ1) is 17.7. The van der Waals surface area contributed by atoms with Crippen LogP contribution in [0.4, 0.5) is 0 Å². The summed E-state index contributed by atoms with van der Waals surface area (Å²) in [6.45, 7) is 6.43. The Bertz CT molecular complexity index is 717. The third-order valence-corrected chi connectivity index (χ3v) is 5.94. The predicted molar refractivity (Wildman–Crippen MR) is 102 cm³/mol. The Labute approximate surface area is 156 Å². The quantitative estimate of drug-likeness (QED) is 0.720. The molecule has 4 atom stereocenters. The van der Waals surface area contributed by atoms with Crippen molar-refractivity contribution in [1.82, 2.24) is 0 Å². The molecule has 2 aromatic carbocycles. The molecule has 3 heteroatoms. The van der Waals surface area contributed by atoms with Crippen molar-refractivity contribution in [3.05, 3.63) is 71.8 Å². The number of ether oxygens (including phenoxy) is 3. The molecule has 4 unspecified atom stereocenters. The van der Waals surface area contributed by atoms with Crippen molar-refractivity contribution in [1.29, 1.82) is 0 Å². The maximum atomic E-state index is 6.46. The van der Waals surface area contributed by atoms with E-state index in [4.69, 9.17) is 14.2 Å². The van der Waals surface area contributed by atoms with Gasteiger partial charge in [0.05, 0.1) is 37.1 Å². The topological polar surface area (TPSA) is 27.7 Å². The highest BCUT2D eigenvalue weighted by Gasteiger charge is 2.62. The molecular weight excluding hydrogens is 324 g/mol. The van der Waals surface area contributed by atoms with Crippen molar-refractivity contribution in [3.63, 3.8) is 0 Å². The summed E-state index contributed by atoms with van der Waals surface area (Å²) >= 11 is 0. The van der Waals surface area contributed by atoms with E-state index in [2.05, 4.69) is 62.4 Å². The minimum atomic E-state index is -0.264. The molecule has 2 aromatic rings. The van der Waals surface area contributed by atoms with Gasteiger partial charge in [-0.25, -0.2) is 0 Å². The molecule has 0 amide bonds. The van der Waals surface area contributed by atoms with E-state index in [1.165, 1.54) is 11.1 Å². The predicted octanol–water partition coefficient (Wildman–Crippen LogP) is 4.75.